The minimum atomic E-state index is 0.624. The van der Waals surface area contributed by atoms with Crippen LogP contribution in [0.25, 0.3) is 0 Å². The molecule has 2 aliphatic carbocycles. The molecule has 18 heavy (non-hydrogen) atoms. The fraction of sp³-hybridized carbons (Fsp3) is 0.688. The van der Waals surface area contributed by atoms with Crippen molar-refractivity contribution in [3.63, 3.8) is 0 Å². The molecule has 1 saturated carbocycles. The monoisotopic (exact) mass is 244 g/mol. The van der Waals surface area contributed by atoms with Crippen LogP contribution in [0.2, 0.25) is 0 Å². The first-order valence-corrected chi connectivity index (χ1v) is 7.58. The molecule has 1 heterocycles. The van der Waals surface area contributed by atoms with Crippen molar-refractivity contribution in [2.75, 3.05) is 5.32 Å². The molecule has 3 rings (SSSR count). The molecule has 2 unspecified atom stereocenters. The normalized spacial score (nSPS) is 27.6. The Labute approximate surface area is 110 Å². The Hall–Kier alpha value is -1.05. The third-order valence-corrected chi connectivity index (χ3v) is 4.62. The number of anilines is 1. The van der Waals surface area contributed by atoms with Crippen molar-refractivity contribution in [1.29, 1.82) is 0 Å². The van der Waals surface area contributed by atoms with E-state index in [9.17, 15) is 0 Å². The van der Waals surface area contributed by atoms with Gasteiger partial charge in [0.25, 0.3) is 0 Å². The summed E-state index contributed by atoms with van der Waals surface area (Å²) in [6.07, 6.45) is 10.5. The van der Waals surface area contributed by atoms with Gasteiger partial charge in [0.15, 0.2) is 0 Å². The van der Waals surface area contributed by atoms with Crippen molar-refractivity contribution in [2.45, 2.75) is 64.3 Å². The van der Waals surface area contributed by atoms with Crippen LogP contribution in [0.3, 0.4) is 0 Å². The van der Waals surface area contributed by atoms with E-state index in [1.54, 1.807) is 0 Å². The van der Waals surface area contributed by atoms with Crippen molar-refractivity contribution in [3.05, 3.63) is 23.4 Å². The Bertz CT molecular complexity index is 414. The SMILES string of the molecule is CC1CCCCCC1Nc1ccc2c(n1)CCC2. The zero-order valence-corrected chi connectivity index (χ0v) is 11.4. The van der Waals surface area contributed by atoms with Crippen molar-refractivity contribution in [1.82, 2.24) is 4.98 Å². The van der Waals surface area contributed by atoms with Crippen molar-refractivity contribution in [3.8, 4) is 0 Å². The van der Waals surface area contributed by atoms with E-state index < -0.39 is 0 Å². The number of nitrogens with one attached hydrogen (secondary N) is 1. The van der Waals surface area contributed by atoms with Crippen LogP contribution in [0.4, 0.5) is 5.82 Å². The van der Waals surface area contributed by atoms with Gasteiger partial charge in [0, 0.05) is 11.7 Å². The molecule has 1 fully saturated rings. The second-order valence-corrected chi connectivity index (χ2v) is 6.02. The predicted octanol–water partition coefficient (Wildman–Crippen LogP) is 3.95. The molecular weight excluding hydrogens is 220 g/mol. The van der Waals surface area contributed by atoms with Gasteiger partial charge in [-0.1, -0.05) is 32.3 Å². The van der Waals surface area contributed by atoms with Gasteiger partial charge in [-0.2, -0.15) is 0 Å². The molecule has 0 spiro atoms. The van der Waals surface area contributed by atoms with Crippen LogP contribution in [0, 0.1) is 5.92 Å². The Kier molecular flexibility index (Phi) is 3.53. The van der Waals surface area contributed by atoms with E-state index in [-0.39, 0.29) is 0 Å². The number of aromatic nitrogens is 1. The number of hydrogen-bond acceptors (Lipinski definition) is 2. The summed E-state index contributed by atoms with van der Waals surface area (Å²) in [5.41, 5.74) is 2.80. The van der Waals surface area contributed by atoms with Crippen LogP contribution in [0.15, 0.2) is 12.1 Å². The third kappa shape index (κ3) is 2.52. The molecule has 0 saturated heterocycles. The topological polar surface area (TPSA) is 24.9 Å². The first-order valence-electron chi connectivity index (χ1n) is 7.58. The van der Waals surface area contributed by atoms with Gasteiger partial charge >= 0.3 is 0 Å². The van der Waals surface area contributed by atoms with E-state index >= 15 is 0 Å². The highest BCUT2D eigenvalue weighted by Gasteiger charge is 2.20. The van der Waals surface area contributed by atoms with Crippen LogP contribution < -0.4 is 5.32 Å². The number of rotatable bonds is 2. The average molecular weight is 244 g/mol. The lowest BCUT2D eigenvalue weighted by molar-refractivity contribution is 0.455. The molecule has 1 aromatic heterocycles. The molecule has 0 radical (unpaired) electrons. The summed E-state index contributed by atoms with van der Waals surface area (Å²) in [4.78, 5) is 4.80. The first kappa shape index (κ1) is 12.0. The van der Waals surface area contributed by atoms with E-state index in [0.717, 1.165) is 11.7 Å². The first-order chi connectivity index (χ1) is 8.83. The molecule has 2 aliphatic rings. The fourth-order valence-electron chi connectivity index (χ4n) is 3.40. The largest absolute Gasteiger partial charge is 0.367 e. The smallest absolute Gasteiger partial charge is 0.126 e. The van der Waals surface area contributed by atoms with Gasteiger partial charge in [-0.25, -0.2) is 4.98 Å². The maximum atomic E-state index is 4.80. The standard InChI is InChI=1S/C16H24N2/c1-12-6-3-2-4-8-14(12)17-16-11-10-13-7-5-9-15(13)18-16/h10-12,14H,2-9H2,1H3,(H,17,18). The summed E-state index contributed by atoms with van der Waals surface area (Å²) in [7, 11) is 0. The molecule has 2 nitrogen and oxygen atoms in total. The van der Waals surface area contributed by atoms with Gasteiger partial charge in [0.2, 0.25) is 0 Å². The van der Waals surface area contributed by atoms with Gasteiger partial charge in [-0.3, -0.25) is 0 Å². The number of hydrogen-bond donors (Lipinski definition) is 1. The molecule has 0 aliphatic heterocycles. The molecular formula is C16H24N2. The molecule has 0 bridgehead atoms. The van der Waals surface area contributed by atoms with Gasteiger partial charge in [0.05, 0.1) is 0 Å². The summed E-state index contributed by atoms with van der Waals surface area (Å²) in [6, 6.07) is 5.08. The highest BCUT2D eigenvalue weighted by molar-refractivity contribution is 5.41. The van der Waals surface area contributed by atoms with Crippen LogP contribution in [-0.4, -0.2) is 11.0 Å². The summed E-state index contributed by atoms with van der Waals surface area (Å²) < 4.78 is 0. The lowest BCUT2D eigenvalue weighted by Gasteiger charge is -2.23. The predicted molar refractivity (Wildman–Crippen MR) is 75.9 cm³/mol. The van der Waals surface area contributed by atoms with Crippen LogP contribution >= 0.6 is 0 Å². The second-order valence-electron chi connectivity index (χ2n) is 6.02. The van der Waals surface area contributed by atoms with E-state index in [2.05, 4.69) is 24.4 Å². The van der Waals surface area contributed by atoms with Gasteiger partial charge in [-0.15, -0.1) is 0 Å². The highest BCUT2D eigenvalue weighted by atomic mass is 15.0. The van der Waals surface area contributed by atoms with E-state index in [1.165, 1.54) is 62.6 Å². The van der Waals surface area contributed by atoms with Gasteiger partial charge in [0.1, 0.15) is 5.82 Å². The third-order valence-electron chi connectivity index (χ3n) is 4.62. The number of pyridine rings is 1. The fourth-order valence-corrected chi connectivity index (χ4v) is 3.40. The van der Waals surface area contributed by atoms with Crippen LogP contribution in [0.5, 0.6) is 0 Å². The van der Waals surface area contributed by atoms with E-state index in [4.69, 9.17) is 4.98 Å². The van der Waals surface area contributed by atoms with E-state index in [1.807, 2.05) is 0 Å². The molecule has 2 heteroatoms. The maximum Gasteiger partial charge on any atom is 0.126 e. The summed E-state index contributed by atoms with van der Waals surface area (Å²) in [5, 5.41) is 3.69. The molecule has 0 aromatic carbocycles. The van der Waals surface area contributed by atoms with Crippen LogP contribution in [0.1, 0.15) is 56.7 Å². The highest BCUT2D eigenvalue weighted by Crippen LogP contribution is 2.27. The lowest BCUT2D eigenvalue weighted by Crippen LogP contribution is -2.26. The Morgan fingerprint density at radius 3 is 2.89 bits per heavy atom. The maximum absolute atomic E-state index is 4.80. The summed E-state index contributed by atoms with van der Waals surface area (Å²) in [6.45, 7) is 2.39. The molecule has 1 N–H and O–H groups in total. The Balaban J connectivity index is 1.71. The number of aryl methyl sites for hydroxylation is 2. The average Bonchev–Trinajstić information content (AvgIpc) is 2.75. The zero-order chi connectivity index (χ0) is 12.4. The van der Waals surface area contributed by atoms with Gasteiger partial charge in [-0.05, 0) is 49.7 Å². The molecule has 0 amide bonds. The van der Waals surface area contributed by atoms with Crippen LogP contribution in [-0.2, 0) is 12.8 Å². The quantitative estimate of drug-likeness (QED) is 0.797. The molecule has 98 valence electrons. The zero-order valence-electron chi connectivity index (χ0n) is 11.4. The van der Waals surface area contributed by atoms with Crippen molar-refractivity contribution >= 4 is 5.82 Å². The number of fused-ring (bicyclic) bond motifs is 1. The minimum Gasteiger partial charge on any atom is -0.367 e. The van der Waals surface area contributed by atoms with Crippen molar-refractivity contribution < 1.29 is 0 Å². The van der Waals surface area contributed by atoms with E-state index in [0.29, 0.717) is 6.04 Å². The second kappa shape index (κ2) is 5.29. The summed E-state index contributed by atoms with van der Waals surface area (Å²) in [5.74, 6) is 1.89. The molecule has 1 aromatic rings. The Morgan fingerprint density at radius 2 is 1.94 bits per heavy atom. The Morgan fingerprint density at radius 1 is 1.06 bits per heavy atom. The minimum absolute atomic E-state index is 0.624. The summed E-state index contributed by atoms with van der Waals surface area (Å²) >= 11 is 0. The molecule has 2 atom stereocenters. The lowest BCUT2D eigenvalue weighted by atomic mass is 9.97. The van der Waals surface area contributed by atoms with Crippen molar-refractivity contribution in [2.24, 2.45) is 5.92 Å². The van der Waals surface area contributed by atoms with Gasteiger partial charge < -0.3 is 5.32 Å². The number of nitrogens with zero attached hydrogens (tertiary/aromatic N) is 1.